The molecule has 2 aromatic heterocycles. The Morgan fingerprint density at radius 1 is 0.900 bits per heavy atom. The molecule has 5 rings (SSSR count). The minimum absolute atomic E-state index is 0.0710. The van der Waals surface area contributed by atoms with Gasteiger partial charge in [0, 0.05) is 6.20 Å². The Morgan fingerprint density at radius 3 is 2.55 bits per heavy atom. The van der Waals surface area contributed by atoms with Crippen LogP contribution in [0.1, 0.15) is 22.4 Å². The first-order valence-corrected chi connectivity index (χ1v) is 12.8. The molecule has 5 aromatic rings. The summed E-state index contributed by atoms with van der Waals surface area (Å²) >= 11 is 0. The highest BCUT2D eigenvalue weighted by atomic mass is 16.6. The van der Waals surface area contributed by atoms with Gasteiger partial charge in [0.05, 0.1) is 16.6 Å². The van der Waals surface area contributed by atoms with E-state index in [1.54, 1.807) is 24.4 Å². The van der Waals surface area contributed by atoms with Crippen LogP contribution in [0.2, 0.25) is 0 Å². The van der Waals surface area contributed by atoms with Crippen LogP contribution >= 0.6 is 0 Å². The maximum atomic E-state index is 12.7. The first-order valence-electron chi connectivity index (χ1n) is 12.8. The van der Waals surface area contributed by atoms with Crippen LogP contribution in [0.25, 0.3) is 23.1 Å². The van der Waals surface area contributed by atoms with E-state index in [1.807, 2.05) is 78.9 Å². The van der Waals surface area contributed by atoms with E-state index >= 15 is 0 Å². The van der Waals surface area contributed by atoms with E-state index in [0.29, 0.717) is 23.2 Å². The molecule has 40 heavy (non-hydrogen) atoms. The normalized spacial score (nSPS) is 11.9. The SMILES string of the molecule is Cc1cccc(COc2ccc(/C=C/C(/C=C/c3ccccn3)=N/OCn3cnc4ccccc4c3=O)cc2)c1. The summed E-state index contributed by atoms with van der Waals surface area (Å²) in [6.07, 6.45) is 10.6. The molecule has 7 heteroatoms. The summed E-state index contributed by atoms with van der Waals surface area (Å²) in [4.78, 5) is 26.9. The molecule has 3 aromatic carbocycles. The van der Waals surface area contributed by atoms with Crippen molar-refractivity contribution in [1.82, 2.24) is 14.5 Å². The van der Waals surface area contributed by atoms with Gasteiger partial charge in [0.15, 0.2) is 6.73 Å². The van der Waals surface area contributed by atoms with Crippen molar-refractivity contribution in [2.45, 2.75) is 20.3 Å². The topological polar surface area (TPSA) is 78.6 Å². The van der Waals surface area contributed by atoms with Crippen molar-refractivity contribution in [2.75, 3.05) is 0 Å². The third-order valence-corrected chi connectivity index (χ3v) is 6.03. The van der Waals surface area contributed by atoms with E-state index in [-0.39, 0.29) is 12.3 Å². The van der Waals surface area contributed by atoms with E-state index < -0.39 is 0 Å². The van der Waals surface area contributed by atoms with Crippen LogP contribution < -0.4 is 10.3 Å². The summed E-state index contributed by atoms with van der Waals surface area (Å²) in [6.45, 7) is 2.51. The van der Waals surface area contributed by atoms with Crippen LogP contribution in [0.15, 0.2) is 126 Å². The fourth-order valence-electron chi connectivity index (χ4n) is 3.95. The van der Waals surface area contributed by atoms with Gasteiger partial charge in [-0.15, -0.1) is 0 Å². The number of para-hydroxylation sites is 1. The lowest BCUT2D eigenvalue weighted by Gasteiger charge is -2.07. The van der Waals surface area contributed by atoms with Gasteiger partial charge in [-0.2, -0.15) is 0 Å². The number of hydrogen-bond donors (Lipinski definition) is 0. The van der Waals surface area contributed by atoms with Crippen molar-refractivity contribution in [3.8, 4) is 5.75 Å². The maximum absolute atomic E-state index is 12.7. The molecule has 0 fully saturated rings. The predicted octanol–water partition coefficient (Wildman–Crippen LogP) is 6.44. The van der Waals surface area contributed by atoms with Crippen LogP contribution in [0.3, 0.4) is 0 Å². The number of aromatic nitrogens is 3. The Balaban J connectivity index is 1.28. The molecular formula is C33H28N4O3. The van der Waals surface area contributed by atoms with E-state index in [0.717, 1.165) is 22.6 Å². The lowest BCUT2D eigenvalue weighted by Crippen LogP contribution is -2.21. The standard InChI is InChI=1S/C33H28N4O3/c1-25-7-6-8-27(21-25)22-39-30-18-13-26(14-19-30)12-15-29(17-16-28-9-4-5-20-34-28)36-40-24-37-23-35-32-11-3-2-10-31(32)33(37)38/h2-21,23H,22,24H2,1H3/b15-12+,17-16+,36-29-. The van der Waals surface area contributed by atoms with Crippen LogP contribution in [0, 0.1) is 6.92 Å². The summed E-state index contributed by atoms with van der Waals surface area (Å²) in [5.74, 6) is 0.792. The number of nitrogens with zero attached hydrogens (tertiary/aromatic N) is 4. The fourth-order valence-corrected chi connectivity index (χ4v) is 3.95. The predicted molar refractivity (Wildman–Crippen MR) is 159 cm³/mol. The van der Waals surface area contributed by atoms with Gasteiger partial charge in [-0.1, -0.05) is 71.4 Å². The van der Waals surface area contributed by atoms with Crippen molar-refractivity contribution in [2.24, 2.45) is 5.16 Å². The minimum atomic E-state index is -0.188. The average Bonchev–Trinajstić information content (AvgIpc) is 2.99. The number of hydrogen-bond acceptors (Lipinski definition) is 6. The molecule has 2 heterocycles. The number of allylic oxidation sites excluding steroid dienone is 2. The first kappa shape index (κ1) is 26.3. The number of pyridine rings is 1. The first-order chi connectivity index (χ1) is 19.6. The Bertz CT molecular complexity index is 1720. The molecule has 0 bridgehead atoms. The van der Waals surface area contributed by atoms with Crippen molar-refractivity contribution < 1.29 is 9.57 Å². The average molecular weight is 529 g/mol. The molecule has 0 N–H and O–H groups in total. The molecule has 0 amide bonds. The molecule has 0 spiro atoms. The zero-order valence-electron chi connectivity index (χ0n) is 22.1. The Hall–Kier alpha value is -5.30. The second kappa shape index (κ2) is 13.0. The number of fused-ring (bicyclic) bond motifs is 1. The molecule has 0 radical (unpaired) electrons. The van der Waals surface area contributed by atoms with E-state index in [9.17, 15) is 4.79 Å². The highest BCUT2D eigenvalue weighted by Gasteiger charge is 2.03. The zero-order valence-corrected chi connectivity index (χ0v) is 22.1. The summed E-state index contributed by atoms with van der Waals surface area (Å²) < 4.78 is 7.31. The van der Waals surface area contributed by atoms with Crippen molar-refractivity contribution in [3.63, 3.8) is 0 Å². The molecule has 0 aliphatic carbocycles. The molecule has 0 atom stereocenters. The van der Waals surface area contributed by atoms with Crippen molar-refractivity contribution in [3.05, 3.63) is 148 Å². The third-order valence-electron chi connectivity index (χ3n) is 6.03. The van der Waals surface area contributed by atoms with Gasteiger partial charge in [0.2, 0.25) is 0 Å². The third kappa shape index (κ3) is 7.17. The number of aryl methyl sites for hydroxylation is 1. The lowest BCUT2D eigenvalue weighted by molar-refractivity contribution is 0.0816. The number of rotatable bonds is 10. The molecule has 0 aliphatic rings. The quantitative estimate of drug-likeness (QED) is 0.154. The molecule has 0 saturated carbocycles. The van der Waals surface area contributed by atoms with Gasteiger partial charge in [-0.25, -0.2) is 4.98 Å². The fraction of sp³-hybridized carbons (Fsp3) is 0.0909. The summed E-state index contributed by atoms with van der Waals surface area (Å²) in [5.41, 5.74) is 5.09. The van der Waals surface area contributed by atoms with E-state index in [2.05, 4.69) is 40.2 Å². The molecule has 0 unspecified atom stereocenters. The second-order valence-electron chi connectivity index (χ2n) is 9.08. The zero-order chi connectivity index (χ0) is 27.6. The minimum Gasteiger partial charge on any atom is -0.489 e. The maximum Gasteiger partial charge on any atom is 0.264 e. The number of oxime groups is 1. The Morgan fingerprint density at radius 2 is 1.73 bits per heavy atom. The van der Waals surface area contributed by atoms with Crippen LogP contribution in [-0.4, -0.2) is 20.2 Å². The van der Waals surface area contributed by atoms with Crippen LogP contribution in [0.5, 0.6) is 5.75 Å². The second-order valence-corrected chi connectivity index (χ2v) is 9.08. The van der Waals surface area contributed by atoms with Crippen LogP contribution in [0.4, 0.5) is 0 Å². The van der Waals surface area contributed by atoms with Crippen molar-refractivity contribution in [1.29, 1.82) is 0 Å². The molecule has 0 aliphatic heterocycles. The summed E-state index contributed by atoms with van der Waals surface area (Å²) in [6, 6.07) is 29.0. The monoisotopic (exact) mass is 528 g/mol. The van der Waals surface area contributed by atoms with Gasteiger partial charge in [-0.05, 0) is 72.7 Å². The largest absolute Gasteiger partial charge is 0.489 e. The molecular weight excluding hydrogens is 500 g/mol. The summed E-state index contributed by atoms with van der Waals surface area (Å²) in [7, 11) is 0. The molecule has 7 nitrogen and oxygen atoms in total. The smallest absolute Gasteiger partial charge is 0.264 e. The van der Waals surface area contributed by atoms with Gasteiger partial charge in [0.25, 0.3) is 5.56 Å². The lowest BCUT2D eigenvalue weighted by atomic mass is 10.1. The Kier molecular flexibility index (Phi) is 8.54. The van der Waals surface area contributed by atoms with E-state index in [4.69, 9.17) is 9.57 Å². The highest BCUT2D eigenvalue weighted by molar-refractivity contribution is 6.08. The van der Waals surface area contributed by atoms with Gasteiger partial charge < -0.3 is 9.57 Å². The summed E-state index contributed by atoms with van der Waals surface area (Å²) in [5, 5.41) is 4.79. The van der Waals surface area contributed by atoms with E-state index in [1.165, 1.54) is 16.5 Å². The molecule has 0 saturated heterocycles. The van der Waals surface area contributed by atoms with Crippen LogP contribution in [-0.2, 0) is 18.2 Å². The van der Waals surface area contributed by atoms with Crippen molar-refractivity contribution >= 4 is 28.8 Å². The van der Waals surface area contributed by atoms with Gasteiger partial charge in [0.1, 0.15) is 24.4 Å². The number of benzene rings is 3. The number of ether oxygens (including phenoxy) is 1. The molecule has 198 valence electrons. The van der Waals surface area contributed by atoms with Gasteiger partial charge >= 0.3 is 0 Å². The Labute approximate surface area is 232 Å². The van der Waals surface area contributed by atoms with Gasteiger partial charge in [-0.3, -0.25) is 14.3 Å². The highest BCUT2D eigenvalue weighted by Crippen LogP contribution is 2.16.